The number of primary amides is 1. The van der Waals surface area contributed by atoms with E-state index in [0.29, 0.717) is 18.0 Å². The van der Waals surface area contributed by atoms with Crippen LogP contribution in [-0.4, -0.2) is 47.2 Å². The molecule has 164 valence electrons. The maximum absolute atomic E-state index is 12.9. The first-order valence-corrected chi connectivity index (χ1v) is 12.0. The van der Waals surface area contributed by atoms with Crippen molar-refractivity contribution < 1.29 is 18.0 Å². The zero-order valence-corrected chi connectivity index (χ0v) is 18.8. The average Bonchev–Trinajstić information content (AvgIpc) is 3.31. The Labute approximate surface area is 183 Å². The molecule has 3 N–H and O–H groups in total. The van der Waals surface area contributed by atoms with Crippen molar-refractivity contribution in [1.29, 1.82) is 0 Å². The summed E-state index contributed by atoms with van der Waals surface area (Å²) in [5.74, 6) is -1.13. The molecule has 4 rings (SSSR count). The molecule has 0 radical (unpaired) electrons. The highest BCUT2D eigenvalue weighted by atomic mass is 32.2. The van der Waals surface area contributed by atoms with Gasteiger partial charge in [-0.2, -0.15) is 4.31 Å². The summed E-state index contributed by atoms with van der Waals surface area (Å²) in [6.07, 6.45) is 2.19. The van der Waals surface area contributed by atoms with E-state index in [1.165, 1.54) is 32.5 Å². The lowest BCUT2D eigenvalue weighted by Gasteiger charge is -2.30. The number of fused-ring (bicyclic) bond motifs is 1. The highest BCUT2D eigenvalue weighted by Crippen LogP contribution is 2.29. The van der Waals surface area contributed by atoms with Crippen LogP contribution in [0.15, 0.2) is 35.4 Å². The minimum Gasteiger partial charge on any atom is -0.364 e. The molecule has 11 heteroatoms. The average molecular weight is 462 g/mol. The number of hydrogen-bond donors (Lipinski definition) is 2. The van der Waals surface area contributed by atoms with Gasteiger partial charge in [0.05, 0.1) is 10.2 Å². The Hall–Kier alpha value is -2.76. The van der Waals surface area contributed by atoms with Crippen molar-refractivity contribution in [3.63, 3.8) is 0 Å². The van der Waals surface area contributed by atoms with E-state index in [2.05, 4.69) is 10.3 Å². The summed E-state index contributed by atoms with van der Waals surface area (Å²) in [5, 5.41) is 3.42. The normalized spacial score (nSPS) is 15.9. The standard InChI is InChI=1S/C20H23N5O4S2/c1-12-3-4-15-17(9-12)30-20(22-15)23-19(27)13-5-7-25(8-6-13)31(28,29)14-10-16(18(21)26)24(2)11-14/h3-4,9-11,13H,5-8H2,1-2H3,(H2,21,26)(H,22,23,27). The van der Waals surface area contributed by atoms with Gasteiger partial charge in [0.2, 0.25) is 15.9 Å². The number of sulfonamides is 1. The van der Waals surface area contributed by atoms with Gasteiger partial charge < -0.3 is 15.6 Å². The highest BCUT2D eigenvalue weighted by molar-refractivity contribution is 7.89. The summed E-state index contributed by atoms with van der Waals surface area (Å²) in [5.41, 5.74) is 7.37. The molecule has 0 spiro atoms. The van der Waals surface area contributed by atoms with E-state index in [0.717, 1.165) is 15.8 Å². The van der Waals surface area contributed by atoms with Crippen LogP contribution < -0.4 is 11.1 Å². The molecule has 2 aromatic heterocycles. The van der Waals surface area contributed by atoms with Crippen LogP contribution in [-0.2, 0) is 21.9 Å². The van der Waals surface area contributed by atoms with Gasteiger partial charge >= 0.3 is 0 Å². The van der Waals surface area contributed by atoms with Crippen molar-refractivity contribution in [2.24, 2.45) is 18.7 Å². The molecule has 0 bridgehead atoms. The van der Waals surface area contributed by atoms with Crippen molar-refractivity contribution >= 4 is 48.5 Å². The van der Waals surface area contributed by atoms with E-state index in [-0.39, 0.29) is 35.5 Å². The maximum atomic E-state index is 12.9. The fraction of sp³-hybridized carbons (Fsp3) is 0.350. The van der Waals surface area contributed by atoms with E-state index in [1.807, 2.05) is 25.1 Å². The fourth-order valence-corrected chi connectivity index (χ4v) is 6.23. The predicted octanol–water partition coefficient (Wildman–Crippen LogP) is 2.08. The van der Waals surface area contributed by atoms with E-state index < -0.39 is 15.9 Å². The molecule has 1 fully saturated rings. The van der Waals surface area contributed by atoms with Gasteiger partial charge in [-0.25, -0.2) is 13.4 Å². The first kappa shape index (κ1) is 21.5. The van der Waals surface area contributed by atoms with Crippen LogP contribution in [0.25, 0.3) is 10.2 Å². The van der Waals surface area contributed by atoms with Crippen LogP contribution in [0.5, 0.6) is 0 Å². The quantitative estimate of drug-likeness (QED) is 0.601. The Morgan fingerprint density at radius 3 is 2.58 bits per heavy atom. The molecular formula is C20H23N5O4S2. The third kappa shape index (κ3) is 4.21. The second-order valence-electron chi connectivity index (χ2n) is 7.69. The maximum Gasteiger partial charge on any atom is 0.265 e. The van der Waals surface area contributed by atoms with Crippen LogP contribution in [0, 0.1) is 12.8 Å². The van der Waals surface area contributed by atoms with E-state index in [4.69, 9.17) is 5.73 Å². The van der Waals surface area contributed by atoms with Crippen molar-refractivity contribution in [3.05, 3.63) is 41.7 Å². The van der Waals surface area contributed by atoms with Crippen molar-refractivity contribution in [3.8, 4) is 0 Å². The summed E-state index contributed by atoms with van der Waals surface area (Å²) in [6, 6.07) is 7.21. The Bertz CT molecular complexity index is 1270. The Balaban J connectivity index is 1.41. The summed E-state index contributed by atoms with van der Waals surface area (Å²) in [4.78, 5) is 28.6. The monoisotopic (exact) mass is 461 g/mol. The fourth-order valence-electron chi connectivity index (χ4n) is 3.72. The Morgan fingerprint density at radius 1 is 1.23 bits per heavy atom. The largest absolute Gasteiger partial charge is 0.364 e. The summed E-state index contributed by atoms with van der Waals surface area (Å²) < 4.78 is 29.6. The molecule has 9 nitrogen and oxygen atoms in total. The van der Waals surface area contributed by atoms with Gasteiger partial charge in [-0.3, -0.25) is 9.59 Å². The van der Waals surface area contributed by atoms with E-state index in [9.17, 15) is 18.0 Å². The first-order valence-electron chi connectivity index (χ1n) is 9.79. The lowest BCUT2D eigenvalue weighted by Crippen LogP contribution is -2.41. The van der Waals surface area contributed by atoms with Crippen LogP contribution >= 0.6 is 11.3 Å². The number of benzene rings is 1. The van der Waals surface area contributed by atoms with Gasteiger partial charge in [-0.1, -0.05) is 17.4 Å². The van der Waals surface area contributed by atoms with Gasteiger partial charge in [0.25, 0.3) is 5.91 Å². The molecule has 3 aromatic rings. The number of piperidine rings is 1. The second kappa shape index (κ2) is 8.06. The molecule has 3 heterocycles. The Morgan fingerprint density at radius 2 is 1.94 bits per heavy atom. The van der Waals surface area contributed by atoms with Gasteiger partial charge in [0, 0.05) is 32.3 Å². The van der Waals surface area contributed by atoms with Crippen LogP contribution in [0.1, 0.15) is 28.9 Å². The first-order chi connectivity index (χ1) is 14.6. The summed E-state index contributed by atoms with van der Waals surface area (Å²) in [6.45, 7) is 2.45. The number of rotatable bonds is 5. The molecule has 0 aliphatic carbocycles. The van der Waals surface area contributed by atoms with Gasteiger partial charge in [-0.05, 0) is 43.5 Å². The number of carbonyl (C=O) groups is 2. The predicted molar refractivity (Wildman–Crippen MR) is 118 cm³/mol. The smallest absolute Gasteiger partial charge is 0.265 e. The number of thiazole rings is 1. The number of amides is 2. The number of hydrogen-bond acceptors (Lipinski definition) is 6. The number of anilines is 1. The molecule has 0 unspecified atom stereocenters. The minimum atomic E-state index is -3.76. The van der Waals surface area contributed by atoms with Crippen LogP contribution in [0.2, 0.25) is 0 Å². The lowest BCUT2D eigenvalue weighted by atomic mass is 9.97. The molecule has 2 amide bonds. The van der Waals surface area contributed by atoms with E-state index >= 15 is 0 Å². The molecule has 0 atom stereocenters. The highest BCUT2D eigenvalue weighted by Gasteiger charge is 2.33. The van der Waals surface area contributed by atoms with E-state index in [1.54, 1.807) is 7.05 Å². The number of nitrogens with two attached hydrogens (primary N) is 1. The van der Waals surface area contributed by atoms with Gasteiger partial charge in [0.1, 0.15) is 10.6 Å². The van der Waals surface area contributed by atoms with Crippen LogP contribution in [0.4, 0.5) is 5.13 Å². The lowest BCUT2D eigenvalue weighted by molar-refractivity contribution is -0.120. The van der Waals surface area contributed by atoms with Crippen molar-refractivity contribution in [1.82, 2.24) is 13.9 Å². The van der Waals surface area contributed by atoms with Crippen molar-refractivity contribution in [2.75, 3.05) is 18.4 Å². The third-order valence-electron chi connectivity index (χ3n) is 5.47. The molecule has 0 saturated carbocycles. The van der Waals surface area contributed by atoms with Crippen LogP contribution in [0.3, 0.4) is 0 Å². The van der Waals surface area contributed by atoms with Gasteiger partial charge in [-0.15, -0.1) is 0 Å². The molecule has 1 aliphatic heterocycles. The number of nitrogens with zero attached hydrogens (tertiary/aromatic N) is 3. The molecule has 1 aliphatic rings. The zero-order chi connectivity index (χ0) is 22.3. The second-order valence-corrected chi connectivity index (χ2v) is 10.7. The Kier molecular flexibility index (Phi) is 5.58. The number of aromatic nitrogens is 2. The molecule has 1 saturated heterocycles. The third-order valence-corrected chi connectivity index (χ3v) is 8.27. The summed E-state index contributed by atoms with van der Waals surface area (Å²) in [7, 11) is -2.20. The number of nitrogens with one attached hydrogen (secondary N) is 1. The molecule has 1 aromatic carbocycles. The SMILES string of the molecule is Cc1ccc2nc(NC(=O)C3CCN(S(=O)(=O)c4cc(C(N)=O)n(C)c4)CC3)sc2c1. The number of carbonyl (C=O) groups excluding carboxylic acids is 2. The number of aryl methyl sites for hydroxylation is 2. The molecule has 31 heavy (non-hydrogen) atoms. The van der Waals surface area contributed by atoms with Crippen molar-refractivity contribution in [2.45, 2.75) is 24.7 Å². The minimum absolute atomic E-state index is 0.0245. The van der Waals surface area contributed by atoms with Gasteiger partial charge in [0.15, 0.2) is 5.13 Å². The summed E-state index contributed by atoms with van der Waals surface area (Å²) >= 11 is 1.42. The molecular weight excluding hydrogens is 438 g/mol. The topological polar surface area (TPSA) is 127 Å². The zero-order valence-electron chi connectivity index (χ0n) is 17.2.